The molecule has 0 saturated carbocycles. The maximum atomic E-state index is 12.2. The van der Waals surface area contributed by atoms with Gasteiger partial charge in [0.15, 0.2) is 0 Å². The van der Waals surface area contributed by atoms with Crippen LogP contribution in [-0.4, -0.2) is 27.5 Å². The number of aliphatic carboxylic acids is 1. The summed E-state index contributed by atoms with van der Waals surface area (Å²) in [5.41, 5.74) is 1.10. The Morgan fingerprint density at radius 1 is 1.09 bits per heavy atom. The van der Waals surface area contributed by atoms with E-state index in [9.17, 15) is 9.59 Å². The fourth-order valence-electron chi connectivity index (χ4n) is 2.12. The van der Waals surface area contributed by atoms with E-state index in [0.717, 1.165) is 10.9 Å². The van der Waals surface area contributed by atoms with E-state index in [1.165, 1.54) is 19.4 Å². The summed E-state index contributed by atoms with van der Waals surface area (Å²) in [5, 5.41) is 12.5. The Labute approximate surface area is 129 Å². The summed E-state index contributed by atoms with van der Waals surface area (Å²) in [6.07, 6.45) is 0. The number of nitrogens with one attached hydrogen (secondary N) is 2. The standard InChI is InChI=1S/C17H22N2O3/c1-16(2,3)11-7-6-10-8-13(18-12(10)9-11)14(20)19-17(4,5)15(21)22/h6-9,18H,1-5H3,(H,19,20)(H,21,22). The third kappa shape index (κ3) is 3.13. The molecule has 3 N–H and O–H groups in total. The van der Waals surface area contributed by atoms with Crippen LogP contribution in [-0.2, 0) is 10.2 Å². The molecule has 118 valence electrons. The first-order valence-electron chi connectivity index (χ1n) is 7.20. The highest BCUT2D eigenvalue weighted by molar-refractivity contribution is 6.00. The first-order chi connectivity index (χ1) is 10.0. The van der Waals surface area contributed by atoms with Crippen LogP contribution in [0, 0.1) is 0 Å². The molecule has 0 bridgehead atoms. The van der Waals surface area contributed by atoms with Gasteiger partial charge in [-0.05, 0) is 37.0 Å². The average Bonchev–Trinajstić information content (AvgIpc) is 2.79. The number of carbonyl (C=O) groups is 2. The molecule has 1 aromatic heterocycles. The molecule has 0 aliphatic rings. The lowest BCUT2D eigenvalue weighted by Crippen LogP contribution is -2.49. The zero-order valence-corrected chi connectivity index (χ0v) is 13.6. The van der Waals surface area contributed by atoms with Gasteiger partial charge in [-0.1, -0.05) is 32.9 Å². The first-order valence-corrected chi connectivity index (χ1v) is 7.20. The van der Waals surface area contributed by atoms with Crippen molar-refractivity contribution < 1.29 is 14.7 Å². The number of carboxylic acids is 1. The van der Waals surface area contributed by atoms with Crippen LogP contribution in [0.25, 0.3) is 10.9 Å². The summed E-state index contributed by atoms with van der Waals surface area (Å²) in [6.45, 7) is 9.28. The normalized spacial score (nSPS) is 12.4. The van der Waals surface area contributed by atoms with Gasteiger partial charge >= 0.3 is 5.97 Å². The summed E-state index contributed by atoms with van der Waals surface area (Å²) in [7, 11) is 0. The van der Waals surface area contributed by atoms with Gasteiger partial charge in [0, 0.05) is 10.9 Å². The molecule has 22 heavy (non-hydrogen) atoms. The maximum Gasteiger partial charge on any atom is 0.328 e. The Kier molecular flexibility index (Phi) is 3.77. The minimum absolute atomic E-state index is 0.0209. The number of hydrogen-bond donors (Lipinski definition) is 3. The molecule has 1 heterocycles. The van der Waals surface area contributed by atoms with Crippen LogP contribution < -0.4 is 5.32 Å². The van der Waals surface area contributed by atoms with Crippen LogP contribution in [0.3, 0.4) is 0 Å². The average molecular weight is 302 g/mol. The van der Waals surface area contributed by atoms with Crippen LogP contribution >= 0.6 is 0 Å². The number of benzene rings is 1. The van der Waals surface area contributed by atoms with Crippen molar-refractivity contribution in [2.75, 3.05) is 0 Å². The van der Waals surface area contributed by atoms with Crippen molar-refractivity contribution in [1.29, 1.82) is 0 Å². The Balaban J connectivity index is 2.34. The first kappa shape index (κ1) is 16.1. The molecule has 2 aromatic rings. The number of aromatic nitrogens is 1. The summed E-state index contributed by atoms with van der Waals surface area (Å²) in [5.74, 6) is -1.51. The summed E-state index contributed by atoms with van der Waals surface area (Å²) in [6, 6.07) is 7.76. The van der Waals surface area contributed by atoms with Crippen molar-refractivity contribution in [2.24, 2.45) is 0 Å². The van der Waals surface area contributed by atoms with Gasteiger partial charge in [-0.15, -0.1) is 0 Å². The SMILES string of the molecule is CC(C)(NC(=O)c1cc2ccc(C(C)(C)C)cc2[nH]1)C(=O)O. The number of H-pyrrole nitrogens is 1. The predicted molar refractivity (Wildman–Crippen MR) is 86.2 cm³/mol. The van der Waals surface area contributed by atoms with Gasteiger partial charge in [0.05, 0.1) is 0 Å². The zero-order valence-electron chi connectivity index (χ0n) is 13.6. The van der Waals surface area contributed by atoms with Gasteiger partial charge in [-0.25, -0.2) is 4.79 Å². The van der Waals surface area contributed by atoms with Gasteiger partial charge < -0.3 is 15.4 Å². The van der Waals surface area contributed by atoms with E-state index in [1.54, 1.807) is 6.07 Å². The van der Waals surface area contributed by atoms with Gasteiger partial charge in [-0.2, -0.15) is 0 Å². The predicted octanol–water partition coefficient (Wildman–Crippen LogP) is 3.06. The van der Waals surface area contributed by atoms with Crippen molar-refractivity contribution in [3.63, 3.8) is 0 Å². The summed E-state index contributed by atoms with van der Waals surface area (Å²) < 4.78 is 0. The van der Waals surface area contributed by atoms with Crippen molar-refractivity contribution in [3.05, 3.63) is 35.5 Å². The van der Waals surface area contributed by atoms with Crippen LogP contribution in [0.2, 0.25) is 0 Å². The Morgan fingerprint density at radius 2 is 1.73 bits per heavy atom. The monoisotopic (exact) mass is 302 g/mol. The quantitative estimate of drug-likeness (QED) is 0.815. The molecule has 0 aliphatic carbocycles. The molecule has 1 aromatic carbocycles. The Morgan fingerprint density at radius 3 is 2.27 bits per heavy atom. The number of fused-ring (bicyclic) bond motifs is 1. The molecule has 0 aliphatic heterocycles. The molecule has 0 saturated heterocycles. The third-order valence-electron chi connectivity index (χ3n) is 3.69. The van der Waals surface area contributed by atoms with E-state index in [1.807, 2.05) is 18.2 Å². The van der Waals surface area contributed by atoms with Gasteiger partial charge in [0.1, 0.15) is 11.2 Å². The molecule has 0 atom stereocenters. The van der Waals surface area contributed by atoms with E-state index < -0.39 is 17.4 Å². The lowest BCUT2D eigenvalue weighted by molar-refractivity contribution is -0.143. The van der Waals surface area contributed by atoms with E-state index in [0.29, 0.717) is 5.69 Å². The minimum atomic E-state index is -1.31. The van der Waals surface area contributed by atoms with Crippen LogP contribution in [0.4, 0.5) is 0 Å². The molecule has 5 nitrogen and oxygen atoms in total. The third-order valence-corrected chi connectivity index (χ3v) is 3.69. The van der Waals surface area contributed by atoms with Crippen molar-refractivity contribution in [2.45, 2.75) is 45.6 Å². The summed E-state index contributed by atoms with van der Waals surface area (Å²) >= 11 is 0. The number of rotatable bonds is 3. The highest BCUT2D eigenvalue weighted by Gasteiger charge is 2.29. The lowest BCUT2D eigenvalue weighted by Gasteiger charge is -2.20. The highest BCUT2D eigenvalue weighted by Crippen LogP contribution is 2.26. The van der Waals surface area contributed by atoms with Crippen LogP contribution in [0.5, 0.6) is 0 Å². The van der Waals surface area contributed by atoms with Crippen molar-refractivity contribution >= 4 is 22.8 Å². The highest BCUT2D eigenvalue weighted by atomic mass is 16.4. The van der Waals surface area contributed by atoms with E-state index in [2.05, 4.69) is 31.1 Å². The second-order valence-electron chi connectivity index (χ2n) is 7.12. The number of amides is 1. The number of carboxylic acid groups (broad SMARTS) is 1. The Bertz CT molecular complexity index is 736. The van der Waals surface area contributed by atoms with E-state index in [4.69, 9.17) is 5.11 Å². The molecule has 0 unspecified atom stereocenters. The number of hydrogen-bond acceptors (Lipinski definition) is 2. The Hall–Kier alpha value is -2.30. The maximum absolute atomic E-state index is 12.2. The molecule has 0 radical (unpaired) electrons. The molecule has 1 amide bonds. The number of carbonyl (C=O) groups excluding carboxylic acids is 1. The van der Waals surface area contributed by atoms with Crippen molar-refractivity contribution in [1.82, 2.24) is 10.3 Å². The molecule has 5 heteroatoms. The van der Waals surface area contributed by atoms with Gasteiger partial charge in [-0.3, -0.25) is 4.79 Å². The zero-order chi connectivity index (χ0) is 16.7. The van der Waals surface area contributed by atoms with Gasteiger partial charge in [0.2, 0.25) is 0 Å². The fraction of sp³-hybridized carbons (Fsp3) is 0.412. The second-order valence-corrected chi connectivity index (χ2v) is 7.12. The summed E-state index contributed by atoms with van der Waals surface area (Å²) in [4.78, 5) is 26.4. The van der Waals surface area contributed by atoms with Crippen LogP contribution in [0.15, 0.2) is 24.3 Å². The van der Waals surface area contributed by atoms with E-state index >= 15 is 0 Å². The van der Waals surface area contributed by atoms with Gasteiger partial charge in [0.25, 0.3) is 5.91 Å². The fourth-order valence-corrected chi connectivity index (χ4v) is 2.12. The molecule has 0 spiro atoms. The lowest BCUT2D eigenvalue weighted by atomic mass is 9.87. The molecule has 2 rings (SSSR count). The molecule has 0 fully saturated rings. The minimum Gasteiger partial charge on any atom is -0.480 e. The smallest absolute Gasteiger partial charge is 0.328 e. The largest absolute Gasteiger partial charge is 0.480 e. The second kappa shape index (κ2) is 5.16. The molecular formula is C17H22N2O3. The topological polar surface area (TPSA) is 82.2 Å². The van der Waals surface area contributed by atoms with Crippen LogP contribution in [0.1, 0.15) is 50.7 Å². The van der Waals surface area contributed by atoms with E-state index in [-0.39, 0.29) is 5.41 Å². The number of aromatic amines is 1. The van der Waals surface area contributed by atoms with Crippen molar-refractivity contribution in [3.8, 4) is 0 Å². The molecular weight excluding hydrogens is 280 g/mol.